The van der Waals surface area contributed by atoms with E-state index in [1.807, 2.05) is 13.8 Å². The number of rotatable bonds is 6. The zero-order chi connectivity index (χ0) is 19.4. The van der Waals surface area contributed by atoms with E-state index in [1.165, 1.54) is 4.90 Å². The van der Waals surface area contributed by atoms with Crippen LogP contribution in [0, 0.1) is 5.92 Å². The van der Waals surface area contributed by atoms with Crippen LogP contribution in [0.15, 0.2) is 6.20 Å². The van der Waals surface area contributed by atoms with Gasteiger partial charge in [-0.25, -0.2) is 4.79 Å². The lowest BCUT2D eigenvalue weighted by Gasteiger charge is -2.30. The Labute approximate surface area is 154 Å². The Morgan fingerprint density at radius 1 is 1.40 bits per heavy atom. The van der Waals surface area contributed by atoms with Crippen LogP contribution in [0.25, 0.3) is 0 Å². The van der Waals surface area contributed by atoms with Crippen molar-refractivity contribution in [2.45, 2.75) is 59.2 Å². The van der Waals surface area contributed by atoms with Crippen LogP contribution < -0.4 is 5.32 Å². The molecule has 1 heterocycles. The molecule has 0 saturated carbocycles. The number of likely N-dealkylation sites (N-methyl/N-ethyl adjacent to an activating group) is 1. The fraction of sp³-hybridized carbons (Fsp3) is 0.706. The zero-order valence-electron chi connectivity index (χ0n) is 16.1. The van der Waals surface area contributed by atoms with Gasteiger partial charge < -0.3 is 10.1 Å². The van der Waals surface area contributed by atoms with Crippen LogP contribution in [0.3, 0.4) is 0 Å². The largest absolute Gasteiger partial charge is 0.444 e. The Kier molecular flexibility index (Phi) is 7.29. The van der Waals surface area contributed by atoms with Crippen LogP contribution in [-0.4, -0.2) is 45.4 Å². The van der Waals surface area contributed by atoms with E-state index in [0.717, 1.165) is 0 Å². The Morgan fingerprint density at radius 3 is 2.44 bits per heavy atom. The van der Waals surface area contributed by atoms with Crippen molar-refractivity contribution in [2.75, 3.05) is 7.05 Å². The minimum Gasteiger partial charge on any atom is -0.444 e. The Balaban J connectivity index is 2.80. The number of carbonyl (C=O) groups is 2. The first-order valence-electron chi connectivity index (χ1n) is 8.32. The predicted molar refractivity (Wildman–Crippen MR) is 97.3 cm³/mol. The Morgan fingerprint density at radius 2 is 2.00 bits per heavy atom. The summed E-state index contributed by atoms with van der Waals surface area (Å²) < 4.78 is 6.95. The molecule has 0 unspecified atom stereocenters. The lowest BCUT2D eigenvalue weighted by atomic mass is 10.0. The fourth-order valence-electron chi connectivity index (χ4n) is 2.26. The van der Waals surface area contributed by atoms with Crippen molar-refractivity contribution in [1.29, 1.82) is 0 Å². The number of halogens is 1. The molecule has 1 atom stereocenters. The van der Waals surface area contributed by atoms with Crippen molar-refractivity contribution < 1.29 is 14.3 Å². The first kappa shape index (κ1) is 21.3. The smallest absolute Gasteiger partial charge is 0.410 e. The lowest BCUT2D eigenvalue weighted by molar-refractivity contribution is -0.126. The highest BCUT2D eigenvalue weighted by molar-refractivity contribution is 6.31. The predicted octanol–water partition coefficient (Wildman–Crippen LogP) is 2.97. The highest BCUT2D eigenvalue weighted by atomic mass is 35.5. The van der Waals surface area contributed by atoms with Gasteiger partial charge in [0.25, 0.3) is 0 Å². The molecule has 7 nitrogen and oxygen atoms in total. The highest BCUT2D eigenvalue weighted by Gasteiger charge is 2.30. The van der Waals surface area contributed by atoms with E-state index >= 15 is 0 Å². The normalized spacial score (nSPS) is 12.8. The molecule has 0 aliphatic rings. The molecule has 1 N–H and O–H groups in total. The van der Waals surface area contributed by atoms with Crippen molar-refractivity contribution in [3.05, 3.63) is 16.9 Å². The third-order valence-electron chi connectivity index (χ3n) is 3.43. The molecule has 1 rings (SSSR count). The minimum atomic E-state index is -0.627. The number of nitrogens with zero attached hydrogens (tertiary/aromatic N) is 3. The van der Waals surface area contributed by atoms with Crippen LogP contribution in [0.1, 0.15) is 46.7 Å². The number of hydrogen-bond acceptors (Lipinski definition) is 4. The molecule has 142 valence electrons. The molecular weight excluding hydrogens is 344 g/mol. The number of carbonyl (C=O) groups excluding carboxylic acids is 2. The summed E-state index contributed by atoms with van der Waals surface area (Å²) >= 11 is 6.06. The number of hydrogen-bond donors (Lipinski definition) is 1. The summed E-state index contributed by atoms with van der Waals surface area (Å²) in [4.78, 5) is 26.3. The van der Waals surface area contributed by atoms with E-state index in [-0.39, 0.29) is 18.4 Å². The van der Waals surface area contributed by atoms with Crippen LogP contribution in [0.5, 0.6) is 0 Å². The molecule has 0 saturated heterocycles. The fourth-order valence-corrected chi connectivity index (χ4v) is 2.51. The third kappa shape index (κ3) is 6.94. The van der Waals surface area contributed by atoms with Gasteiger partial charge in [0.15, 0.2) is 0 Å². The molecule has 8 heteroatoms. The van der Waals surface area contributed by atoms with Crippen LogP contribution in [0.4, 0.5) is 4.79 Å². The van der Waals surface area contributed by atoms with Crippen LogP contribution in [0.2, 0.25) is 5.02 Å². The molecule has 0 aliphatic heterocycles. The number of amides is 2. The average Bonchev–Trinajstić information content (AvgIpc) is 2.77. The van der Waals surface area contributed by atoms with E-state index in [2.05, 4.69) is 10.4 Å². The van der Waals surface area contributed by atoms with Gasteiger partial charge in [-0.05, 0) is 33.1 Å². The van der Waals surface area contributed by atoms with Gasteiger partial charge in [-0.15, -0.1) is 0 Å². The van der Waals surface area contributed by atoms with Gasteiger partial charge in [0.05, 0.1) is 11.6 Å². The molecule has 0 aromatic carbocycles. The summed E-state index contributed by atoms with van der Waals surface area (Å²) in [5, 5.41) is 7.49. The van der Waals surface area contributed by atoms with Crippen LogP contribution in [-0.2, 0) is 23.1 Å². The first-order valence-corrected chi connectivity index (χ1v) is 8.70. The van der Waals surface area contributed by atoms with Crippen molar-refractivity contribution in [2.24, 2.45) is 13.0 Å². The maximum absolute atomic E-state index is 12.6. The molecule has 1 aromatic heterocycles. The second kappa shape index (κ2) is 8.56. The molecule has 0 bridgehead atoms. The molecule has 25 heavy (non-hydrogen) atoms. The van der Waals surface area contributed by atoms with E-state index in [4.69, 9.17) is 16.3 Å². The lowest BCUT2D eigenvalue weighted by Crippen LogP contribution is -2.49. The summed E-state index contributed by atoms with van der Waals surface area (Å²) in [5.41, 5.74) is -0.0353. The molecular formula is C17H29ClN4O3. The van der Waals surface area contributed by atoms with Crippen molar-refractivity contribution in [3.8, 4) is 0 Å². The minimum absolute atomic E-state index is 0.204. The van der Waals surface area contributed by atoms with Gasteiger partial charge >= 0.3 is 6.09 Å². The number of nitrogens with one attached hydrogen (secondary N) is 1. The molecule has 0 fully saturated rings. The summed E-state index contributed by atoms with van der Waals surface area (Å²) in [6, 6.07) is -0.627. The maximum atomic E-state index is 12.6. The van der Waals surface area contributed by atoms with Gasteiger partial charge in [-0.3, -0.25) is 14.4 Å². The van der Waals surface area contributed by atoms with Crippen molar-refractivity contribution >= 4 is 23.6 Å². The second-order valence-electron chi connectivity index (χ2n) is 7.55. The molecule has 0 aliphatic carbocycles. The SMILES string of the molecule is CC(C)C[C@@H](C(=O)NCc1nn(C)cc1Cl)N(C)C(=O)OC(C)(C)C. The van der Waals surface area contributed by atoms with Gasteiger partial charge in [0, 0.05) is 20.3 Å². The summed E-state index contributed by atoms with van der Waals surface area (Å²) in [6.07, 6.45) is 1.67. The maximum Gasteiger partial charge on any atom is 0.410 e. The van der Waals surface area contributed by atoms with E-state index in [0.29, 0.717) is 17.1 Å². The highest BCUT2D eigenvalue weighted by Crippen LogP contribution is 2.17. The summed E-state index contributed by atoms with van der Waals surface area (Å²) in [6.45, 7) is 9.57. The molecule has 0 radical (unpaired) electrons. The van der Waals surface area contributed by atoms with E-state index < -0.39 is 17.7 Å². The van der Waals surface area contributed by atoms with E-state index in [1.54, 1.807) is 45.7 Å². The molecule has 2 amide bonds. The number of aryl methyl sites for hydroxylation is 1. The topological polar surface area (TPSA) is 76.5 Å². The Bertz CT molecular complexity index is 608. The second-order valence-corrected chi connectivity index (χ2v) is 7.96. The number of ether oxygens (including phenoxy) is 1. The zero-order valence-corrected chi connectivity index (χ0v) is 16.8. The van der Waals surface area contributed by atoms with Gasteiger partial charge in [0.2, 0.25) is 5.91 Å². The quantitative estimate of drug-likeness (QED) is 0.832. The van der Waals surface area contributed by atoms with Crippen molar-refractivity contribution in [3.63, 3.8) is 0 Å². The van der Waals surface area contributed by atoms with Gasteiger partial charge in [0.1, 0.15) is 17.3 Å². The number of aromatic nitrogens is 2. The standard InChI is InChI=1S/C17H29ClN4O3/c1-11(2)8-14(22(7)16(24)25-17(3,4)5)15(23)19-9-13-12(18)10-21(6)20-13/h10-11,14H,8-9H2,1-7H3,(H,19,23)/t14-/m0/s1. The molecule has 0 spiro atoms. The first-order chi connectivity index (χ1) is 11.4. The Hall–Kier alpha value is -1.76. The van der Waals surface area contributed by atoms with Gasteiger partial charge in [-0.2, -0.15) is 5.10 Å². The summed E-state index contributed by atoms with van der Waals surface area (Å²) in [5.74, 6) is -0.0251. The van der Waals surface area contributed by atoms with Crippen LogP contribution >= 0.6 is 11.6 Å². The average molecular weight is 373 g/mol. The van der Waals surface area contributed by atoms with E-state index in [9.17, 15) is 9.59 Å². The van der Waals surface area contributed by atoms with Gasteiger partial charge in [-0.1, -0.05) is 25.4 Å². The van der Waals surface area contributed by atoms with Crippen molar-refractivity contribution in [1.82, 2.24) is 20.0 Å². The molecule has 1 aromatic rings. The monoisotopic (exact) mass is 372 g/mol. The summed E-state index contributed by atoms with van der Waals surface area (Å²) in [7, 11) is 3.34. The third-order valence-corrected chi connectivity index (χ3v) is 3.75.